The van der Waals surface area contributed by atoms with E-state index in [4.69, 9.17) is 9.47 Å². The van der Waals surface area contributed by atoms with Crippen LogP contribution < -0.4 is 9.47 Å². The van der Waals surface area contributed by atoms with Crippen molar-refractivity contribution < 1.29 is 13.9 Å². The van der Waals surface area contributed by atoms with Crippen LogP contribution in [0.15, 0.2) is 42.6 Å². The van der Waals surface area contributed by atoms with Crippen LogP contribution in [0.5, 0.6) is 11.5 Å². The number of hydrogen-bond donors (Lipinski definition) is 0. The Morgan fingerprint density at radius 3 is 2.17 bits per heavy atom. The number of ether oxygens (including phenoxy) is 2. The van der Waals surface area contributed by atoms with E-state index >= 15 is 0 Å². The minimum absolute atomic E-state index is 0.0925. The minimum atomic E-state index is -0.916. The number of aromatic nitrogens is 1. The molecule has 1 aromatic heterocycles. The minimum Gasteiger partial charge on any atom is -0.494 e. The first-order valence-corrected chi connectivity index (χ1v) is 11.2. The molecule has 0 aliphatic carbocycles. The van der Waals surface area contributed by atoms with E-state index in [9.17, 15) is 4.39 Å². The van der Waals surface area contributed by atoms with Crippen LogP contribution in [0.4, 0.5) is 4.39 Å². The van der Waals surface area contributed by atoms with Crippen molar-refractivity contribution in [1.82, 2.24) is 4.98 Å². The number of unbranched alkanes of at least 4 members (excludes halogenated alkanes) is 6. The molecule has 1 atom stereocenters. The second kappa shape index (κ2) is 14.0. The summed E-state index contributed by atoms with van der Waals surface area (Å²) in [5, 5.41) is 0. The Morgan fingerprint density at radius 2 is 1.48 bits per heavy atom. The number of pyridine rings is 1. The van der Waals surface area contributed by atoms with Gasteiger partial charge in [-0.05, 0) is 49.2 Å². The van der Waals surface area contributed by atoms with Crippen LogP contribution in [0.1, 0.15) is 71.6 Å². The lowest BCUT2D eigenvalue weighted by atomic mass is 10.1. The van der Waals surface area contributed by atoms with Crippen LogP contribution in [-0.2, 0) is 0 Å². The van der Waals surface area contributed by atoms with Crippen LogP contribution in [0, 0.1) is 0 Å². The summed E-state index contributed by atoms with van der Waals surface area (Å²) in [6, 6.07) is 11.8. The Hall–Kier alpha value is -2.10. The maximum atomic E-state index is 13.8. The fourth-order valence-electron chi connectivity index (χ4n) is 3.14. The van der Waals surface area contributed by atoms with E-state index in [1.807, 2.05) is 36.4 Å². The number of halogens is 1. The zero-order chi connectivity index (χ0) is 20.7. The third-order valence-corrected chi connectivity index (χ3v) is 4.95. The van der Waals surface area contributed by atoms with Gasteiger partial charge in [-0.3, -0.25) is 4.98 Å². The third-order valence-electron chi connectivity index (χ3n) is 4.95. The lowest BCUT2D eigenvalue weighted by Gasteiger charge is -2.11. The molecular weight excluding hydrogens is 365 g/mol. The smallest absolute Gasteiger partial charge is 0.137 e. The number of nitrogens with zero attached hydrogens (tertiary/aromatic N) is 1. The van der Waals surface area contributed by atoms with Gasteiger partial charge in [0.1, 0.15) is 24.3 Å². The molecule has 0 N–H and O–H groups in total. The zero-order valence-corrected chi connectivity index (χ0v) is 18.0. The van der Waals surface area contributed by atoms with E-state index in [0.717, 1.165) is 49.3 Å². The molecule has 1 heterocycles. The monoisotopic (exact) mass is 401 g/mol. The molecule has 4 heteroatoms. The van der Waals surface area contributed by atoms with Gasteiger partial charge in [-0.15, -0.1) is 0 Å². The number of benzene rings is 1. The summed E-state index contributed by atoms with van der Waals surface area (Å²) in [5.41, 5.74) is 1.89. The van der Waals surface area contributed by atoms with E-state index in [2.05, 4.69) is 18.8 Å². The van der Waals surface area contributed by atoms with Gasteiger partial charge >= 0.3 is 0 Å². The molecule has 0 saturated heterocycles. The zero-order valence-electron chi connectivity index (χ0n) is 18.0. The van der Waals surface area contributed by atoms with Crippen LogP contribution in [-0.4, -0.2) is 24.4 Å². The van der Waals surface area contributed by atoms with Crippen LogP contribution in [0.25, 0.3) is 11.3 Å². The van der Waals surface area contributed by atoms with E-state index in [-0.39, 0.29) is 6.61 Å². The number of hydrogen-bond acceptors (Lipinski definition) is 3. The molecule has 3 nitrogen and oxygen atoms in total. The van der Waals surface area contributed by atoms with Crippen molar-refractivity contribution in [3.05, 3.63) is 42.6 Å². The normalized spacial score (nSPS) is 12.0. The van der Waals surface area contributed by atoms with Gasteiger partial charge in [0.15, 0.2) is 0 Å². The molecular formula is C25H36FNO2. The van der Waals surface area contributed by atoms with Crippen molar-refractivity contribution in [1.29, 1.82) is 0 Å². The van der Waals surface area contributed by atoms with Gasteiger partial charge in [-0.25, -0.2) is 4.39 Å². The molecule has 160 valence electrons. The molecule has 0 aliphatic rings. The first-order chi connectivity index (χ1) is 14.2. The van der Waals surface area contributed by atoms with Crippen molar-refractivity contribution >= 4 is 0 Å². The SMILES string of the molecule is CCCCCCCOc1ccc(-c2ccc(OCC(F)CCCCC)cn2)cc1. The Balaban J connectivity index is 1.74. The van der Waals surface area contributed by atoms with E-state index < -0.39 is 6.17 Å². The summed E-state index contributed by atoms with van der Waals surface area (Å²) in [5.74, 6) is 1.50. The molecule has 29 heavy (non-hydrogen) atoms. The lowest BCUT2D eigenvalue weighted by Crippen LogP contribution is -2.12. The van der Waals surface area contributed by atoms with Gasteiger partial charge in [0, 0.05) is 5.56 Å². The highest BCUT2D eigenvalue weighted by atomic mass is 19.1. The molecule has 0 saturated carbocycles. The second-order valence-electron chi connectivity index (χ2n) is 7.57. The maximum Gasteiger partial charge on any atom is 0.137 e. The van der Waals surface area contributed by atoms with E-state index in [1.165, 1.54) is 25.7 Å². The molecule has 1 aromatic carbocycles. The molecule has 0 radical (unpaired) electrons. The topological polar surface area (TPSA) is 31.4 Å². The lowest BCUT2D eigenvalue weighted by molar-refractivity contribution is 0.183. The van der Waals surface area contributed by atoms with Crippen LogP contribution in [0.3, 0.4) is 0 Å². The highest BCUT2D eigenvalue weighted by Gasteiger charge is 2.08. The number of rotatable bonds is 15. The van der Waals surface area contributed by atoms with Crippen molar-refractivity contribution in [3.8, 4) is 22.8 Å². The standard InChI is InChI=1S/C25H36FNO2/c1-3-5-7-8-10-18-28-23-14-12-21(13-15-23)25-17-16-24(19-27-25)29-20-22(26)11-9-6-4-2/h12-17,19,22H,3-11,18,20H2,1-2H3. The van der Waals surface area contributed by atoms with Crippen LogP contribution in [0.2, 0.25) is 0 Å². The summed E-state index contributed by atoms with van der Waals surface area (Å²) >= 11 is 0. The summed E-state index contributed by atoms with van der Waals surface area (Å²) in [4.78, 5) is 4.45. The average Bonchev–Trinajstić information content (AvgIpc) is 2.76. The van der Waals surface area contributed by atoms with Gasteiger partial charge in [-0.2, -0.15) is 0 Å². The molecule has 0 amide bonds. The second-order valence-corrected chi connectivity index (χ2v) is 7.57. The van der Waals surface area contributed by atoms with Crippen molar-refractivity contribution in [2.45, 2.75) is 77.8 Å². The maximum absolute atomic E-state index is 13.8. The largest absolute Gasteiger partial charge is 0.494 e. The third kappa shape index (κ3) is 9.29. The van der Waals surface area contributed by atoms with Crippen molar-refractivity contribution in [2.24, 2.45) is 0 Å². The van der Waals surface area contributed by atoms with Crippen molar-refractivity contribution in [2.75, 3.05) is 13.2 Å². The summed E-state index contributed by atoms with van der Waals surface area (Å²) in [6.07, 6.45) is 10.6. The summed E-state index contributed by atoms with van der Waals surface area (Å²) in [7, 11) is 0. The Kier molecular flexibility index (Phi) is 11.2. The Morgan fingerprint density at radius 1 is 0.793 bits per heavy atom. The van der Waals surface area contributed by atoms with Crippen molar-refractivity contribution in [3.63, 3.8) is 0 Å². The average molecular weight is 402 g/mol. The molecule has 0 aliphatic heterocycles. The summed E-state index contributed by atoms with van der Waals surface area (Å²) < 4.78 is 25.1. The highest BCUT2D eigenvalue weighted by molar-refractivity contribution is 5.60. The molecule has 2 rings (SSSR count). The van der Waals surface area contributed by atoms with Gasteiger partial charge in [-0.1, -0.05) is 58.8 Å². The first-order valence-electron chi connectivity index (χ1n) is 11.2. The van der Waals surface area contributed by atoms with Gasteiger partial charge in [0.25, 0.3) is 0 Å². The van der Waals surface area contributed by atoms with Crippen LogP contribution >= 0.6 is 0 Å². The first kappa shape index (κ1) is 23.2. The molecule has 0 fully saturated rings. The predicted molar refractivity (Wildman–Crippen MR) is 118 cm³/mol. The highest BCUT2D eigenvalue weighted by Crippen LogP contribution is 2.23. The Bertz CT molecular complexity index is 658. The quantitative estimate of drug-likeness (QED) is 0.291. The number of alkyl halides is 1. The molecule has 0 spiro atoms. The van der Waals surface area contributed by atoms with Gasteiger partial charge in [0.2, 0.25) is 0 Å². The van der Waals surface area contributed by atoms with E-state index in [1.54, 1.807) is 6.20 Å². The molecule has 1 unspecified atom stereocenters. The van der Waals surface area contributed by atoms with Gasteiger partial charge in [0.05, 0.1) is 18.5 Å². The molecule has 2 aromatic rings. The summed E-state index contributed by atoms with van der Waals surface area (Å²) in [6.45, 7) is 5.20. The molecule has 0 bridgehead atoms. The fraction of sp³-hybridized carbons (Fsp3) is 0.560. The van der Waals surface area contributed by atoms with E-state index in [0.29, 0.717) is 12.2 Å². The van der Waals surface area contributed by atoms with Gasteiger partial charge < -0.3 is 9.47 Å². The predicted octanol–water partition coefficient (Wildman–Crippen LogP) is 7.40. The Labute approximate surface area is 175 Å². The fourth-order valence-corrected chi connectivity index (χ4v) is 3.14.